The Balaban J connectivity index is 2.49. The number of morpholine rings is 1. The summed E-state index contributed by atoms with van der Waals surface area (Å²) in [5.41, 5.74) is 0. The van der Waals surface area contributed by atoms with Crippen molar-refractivity contribution in [2.75, 3.05) is 26.8 Å². The van der Waals surface area contributed by atoms with E-state index in [1.165, 1.54) is 7.11 Å². The summed E-state index contributed by atoms with van der Waals surface area (Å²) < 4.78 is 9.91. The molecule has 84 valence electrons. The molecule has 2 atom stereocenters. The van der Waals surface area contributed by atoms with Gasteiger partial charge in [-0.2, -0.15) is 5.26 Å². The second kappa shape index (κ2) is 5.69. The summed E-state index contributed by atoms with van der Waals surface area (Å²) in [6, 6.07) is 2.28. The lowest BCUT2D eigenvalue weighted by molar-refractivity contribution is -0.160. The second-order valence-corrected chi connectivity index (χ2v) is 3.59. The Morgan fingerprint density at radius 1 is 1.80 bits per heavy atom. The first-order valence-electron chi connectivity index (χ1n) is 4.99. The minimum Gasteiger partial charge on any atom is -0.467 e. The van der Waals surface area contributed by atoms with Gasteiger partial charge in [0.2, 0.25) is 0 Å². The summed E-state index contributed by atoms with van der Waals surface area (Å²) >= 11 is 0. The Kier molecular flexibility index (Phi) is 4.53. The Hall–Kier alpha value is -1.12. The van der Waals surface area contributed by atoms with Gasteiger partial charge in [-0.1, -0.05) is 0 Å². The lowest BCUT2D eigenvalue weighted by atomic mass is 10.1. The van der Waals surface area contributed by atoms with Crippen LogP contribution >= 0.6 is 0 Å². The number of ether oxygens (including phenoxy) is 2. The molecule has 0 aromatic heterocycles. The van der Waals surface area contributed by atoms with Crippen molar-refractivity contribution in [2.24, 2.45) is 0 Å². The van der Waals surface area contributed by atoms with Gasteiger partial charge in [-0.05, 0) is 6.92 Å². The monoisotopic (exact) mass is 212 g/mol. The maximum atomic E-state index is 11.3. The van der Waals surface area contributed by atoms with Crippen molar-refractivity contribution in [3.8, 4) is 6.07 Å². The maximum absolute atomic E-state index is 11.3. The molecule has 0 aromatic rings. The molecule has 1 heterocycles. The number of esters is 1. The van der Waals surface area contributed by atoms with Crippen LogP contribution in [0.1, 0.15) is 13.3 Å². The highest BCUT2D eigenvalue weighted by molar-refractivity contribution is 5.74. The van der Waals surface area contributed by atoms with Crippen molar-refractivity contribution in [1.82, 2.24) is 4.90 Å². The number of carbonyl (C=O) groups excluding carboxylic acids is 1. The lowest BCUT2D eigenvalue weighted by Crippen LogP contribution is -2.49. The van der Waals surface area contributed by atoms with Crippen molar-refractivity contribution in [2.45, 2.75) is 25.5 Å². The van der Waals surface area contributed by atoms with Crippen LogP contribution in [0.4, 0.5) is 0 Å². The predicted octanol–water partition coefficient (Wildman–Crippen LogP) is 0.162. The van der Waals surface area contributed by atoms with Crippen LogP contribution in [0.2, 0.25) is 0 Å². The Labute approximate surface area is 89.6 Å². The first kappa shape index (κ1) is 12.0. The summed E-state index contributed by atoms with van der Waals surface area (Å²) in [4.78, 5) is 13.3. The van der Waals surface area contributed by atoms with Crippen molar-refractivity contribution >= 4 is 5.97 Å². The average Bonchev–Trinajstić information content (AvgIpc) is 2.28. The molecule has 2 unspecified atom stereocenters. The summed E-state index contributed by atoms with van der Waals surface area (Å²) in [6.45, 7) is 3.75. The van der Waals surface area contributed by atoms with Crippen molar-refractivity contribution < 1.29 is 14.3 Å². The minimum absolute atomic E-state index is 0.158. The summed E-state index contributed by atoms with van der Waals surface area (Å²) in [7, 11) is 1.35. The van der Waals surface area contributed by atoms with E-state index in [4.69, 9.17) is 10.00 Å². The Morgan fingerprint density at radius 2 is 2.53 bits per heavy atom. The molecule has 0 saturated carbocycles. The van der Waals surface area contributed by atoms with E-state index in [9.17, 15) is 4.79 Å². The number of nitriles is 1. The fourth-order valence-electron chi connectivity index (χ4n) is 1.60. The van der Waals surface area contributed by atoms with Crippen LogP contribution < -0.4 is 0 Å². The SMILES string of the molecule is COC(=O)C1CN(C(C)CC#N)CCO1. The number of hydrogen-bond donors (Lipinski definition) is 0. The summed E-state index contributed by atoms with van der Waals surface area (Å²) in [5.74, 6) is -0.344. The molecule has 0 bridgehead atoms. The van der Waals surface area contributed by atoms with Gasteiger partial charge in [0, 0.05) is 19.1 Å². The summed E-state index contributed by atoms with van der Waals surface area (Å²) in [5, 5.41) is 8.59. The highest BCUT2D eigenvalue weighted by Crippen LogP contribution is 2.11. The van der Waals surface area contributed by atoms with E-state index < -0.39 is 6.10 Å². The largest absolute Gasteiger partial charge is 0.467 e. The van der Waals surface area contributed by atoms with Gasteiger partial charge in [-0.25, -0.2) is 4.79 Å². The van der Waals surface area contributed by atoms with E-state index in [0.29, 0.717) is 19.6 Å². The summed E-state index contributed by atoms with van der Waals surface area (Å²) in [6.07, 6.45) is -0.0432. The molecule has 1 aliphatic rings. The predicted molar refractivity (Wildman–Crippen MR) is 53.0 cm³/mol. The fraction of sp³-hybridized carbons (Fsp3) is 0.800. The van der Waals surface area contributed by atoms with Crippen LogP contribution in [0.3, 0.4) is 0 Å². The molecule has 0 N–H and O–H groups in total. The van der Waals surface area contributed by atoms with Crippen LogP contribution in [-0.2, 0) is 14.3 Å². The standard InChI is InChI=1S/C10H16N2O3/c1-8(3-4-11)12-5-6-15-9(7-12)10(13)14-2/h8-9H,3,5-7H2,1-2H3. The van der Waals surface area contributed by atoms with Gasteiger partial charge >= 0.3 is 5.97 Å². The van der Waals surface area contributed by atoms with Crippen LogP contribution in [0.5, 0.6) is 0 Å². The molecule has 0 amide bonds. The van der Waals surface area contributed by atoms with E-state index in [2.05, 4.69) is 15.7 Å². The van der Waals surface area contributed by atoms with Gasteiger partial charge < -0.3 is 9.47 Å². The first-order valence-corrected chi connectivity index (χ1v) is 4.99. The third kappa shape index (κ3) is 3.18. The maximum Gasteiger partial charge on any atom is 0.336 e. The molecule has 5 nitrogen and oxygen atoms in total. The molecule has 0 aliphatic carbocycles. The molecule has 1 aliphatic heterocycles. The van der Waals surface area contributed by atoms with Crippen LogP contribution in [0, 0.1) is 11.3 Å². The zero-order valence-corrected chi connectivity index (χ0v) is 9.10. The smallest absolute Gasteiger partial charge is 0.336 e. The molecule has 0 aromatic carbocycles. The number of carbonyl (C=O) groups is 1. The highest BCUT2D eigenvalue weighted by atomic mass is 16.6. The number of methoxy groups -OCH3 is 1. The van der Waals surface area contributed by atoms with Gasteiger partial charge in [0.15, 0.2) is 6.10 Å². The van der Waals surface area contributed by atoms with Gasteiger partial charge in [0.1, 0.15) is 0 Å². The quantitative estimate of drug-likeness (QED) is 0.624. The second-order valence-electron chi connectivity index (χ2n) is 3.59. The first-order chi connectivity index (χ1) is 7.19. The topological polar surface area (TPSA) is 62.6 Å². The van der Waals surface area contributed by atoms with Gasteiger partial charge in [0.05, 0.1) is 26.2 Å². The van der Waals surface area contributed by atoms with E-state index in [0.717, 1.165) is 6.54 Å². The van der Waals surface area contributed by atoms with Crippen molar-refractivity contribution in [3.05, 3.63) is 0 Å². The van der Waals surface area contributed by atoms with Gasteiger partial charge in [0.25, 0.3) is 0 Å². The van der Waals surface area contributed by atoms with Crippen molar-refractivity contribution in [3.63, 3.8) is 0 Å². The minimum atomic E-state index is -0.509. The lowest BCUT2D eigenvalue weighted by Gasteiger charge is -2.34. The molecule has 5 heteroatoms. The molecule has 0 radical (unpaired) electrons. The van der Waals surface area contributed by atoms with Crippen LogP contribution in [-0.4, -0.2) is 49.8 Å². The molecule has 0 spiro atoms. The van der Waals surface area contributed by atoms with E-state index in [1.807, 2.05) is 6.92 Å². The molecule has 1 fully saturated rings. The number of nitrogens with zero attached hydrogens (tertiary/aromatic N) is 2. The Morgan fingerprint density at radius 3 is 3.13 bits per heavy atom. The third-order valence-corrected chi connectivity index (χ3v) is 2.57. The molecular formula is C10H16N2O3. The van der Waals surface area contributed by atoms with Gasteiger partial charge in [-0.3, -0.25) is 4.90 Å². The number of rotatable bonds is 3. The van der Waals surface area contributed by atoms with E-state index in [-0.39, 0.29) is 12.0 Å². The average molecular weight is 212 g/mol. The molecule has 1 saturated heterocycles. The molecule has 15 heavy (non-hydrogen) atoms. The molecular weight excluding hydrogens is 196 g/mol. The zero-order chi connectivity index (χ0) is 11.3. The van der Waals surface area contributed by atoms with E-state index in [1.54, 1.807) is 0 Å². The third-order valence-electron chi connectivity index (χ3n) is 2.57. The van der Waals surface area contributed by atoms with Gasteiger partial charge in [-0.15, -0.1) is 0 Å². The number of hydrogen-bond acceptors (Lipinski definition) is 5. The highest BCUT2D eigenvalue weighted by Gasteiger charge is 2.29. The van der Waals surface area contributed by atoms with Crippen LogP contribution in [0.25, 0.3) is 0 Å². The fourth-order valence-corrected chi connectivity index (χ4v) is 1.60. The molecule has 1 rings (SSSR count). The van der Waals surface area contributed by atoms with Crippen molar-refractivity contribution in [1.29, 1.82) is 5.26 Å². The normalized spacial score (nSPS) is 24.2. The van der Waals surface area contributed by atoms with Crippen LogP contribution in [0.15, 0.2) is 0 Å². The Bertz CT molecular complexity index is 262. The van der Waals surface area contributed by atoms with E-state index >= 15 is 0 Å². The zero-order valence-electron chi connectivity index (χ0n) is 9.10.